The van der Waals surface area contributed by atoms with Crippen LogP contribution in [0.15, 0.2) is 39.1 Å². The molecule has 0 atom stereocenters. The van der Waals surface area contributed by atoms with Gasteiger partial charge in [0.15, 0.2) is 5.96 Å². The first-order valence-corrected chi connectivity index (χ1v) is 9.53. The van der Waals surface area contributed by atoms with Gasteiger partial charge in [-0.1, -0.05) is 15.9 Å². The molecule has 1 aromatic heterocycles. The van der Waals surface area contributed by atoms with Gasteiger partial charge in [-0.05, 0) is 31.2 Å². The summed E-state index contributed by atoms with van der Waals surface area (Å²) in [6.07, 6.45) is 0. The monoisotopic (exact) mass is 551 g/mol. The van der Waals surface area contributed by atoms with Crippen LogP contribution in [0.2, 0.25) is 0 Å². The van der Waals surface area contributed by atoms with E-state index in [2.05, 4.69) is 41.9 Å². The van der Waals surface area contributed by atoms with Gasteiger partial charge in [0.1, 0.15) is 0 Å². The molecule has 0 spiro atoms. The van der Waals surface area contributed by atoms with Gasteiger partial charge >= 0.3 is 0 Å². The highest BCUT2D eigenvalue weighted by atomic mass is 127. The number of nitrogens with one attached hydrogen (secondary N) is 2. The van der Waals surface area contributed by atoms with Gasteiger partial charge < -0.3 is 15.5 Å². The number of thiazole rings is 1. The summed E-state index contributed by atoms with van der Waals surface area (Å²) in [6, 6.07) is 7.28. The van der Waals surface area contributed by atoms with Gasteiger partial charge in [0, 0.05) is 42.6 Å². The smallest absolute Gasteiger partial charge is 0.251 e. The molecule has 0 aliphatic rings. The van der Waals surface area contributed by atoms with Crippen LogP contribution in [0.1, 0.15) is 21.1 Å². The number of benzene rings is 1. The molecule has 0 bridgehead atoms. The van der Waals surface area contributed by atoms with Crippen LogP contribution in [0.25, 0.3) is 0 Å². The second-order valence-electron chi connectivity index (χ2n) is 5.45. The van der Waals surface area contributed by atoms with E-state index in [0.29, 0.717) is 25.2 Å². The second kappa shape index (κ2) is 11.5. The molecule has 0 unspecified atom stereocenters. The second-order valence-corrected chi connectivity index (χ2v) is 7.43. The molecule has 1 heterocycles. The van der Waals surface area contributed by atoms with Crippen molar-refractivity contribution < 1.29 is 4.79 Å². The Hall–Kier alpha value is -1.20. The summed E-state index contributed by atoms with van der Waals surface area (Å²) in [4.78, 5) is 22.8. The lowest BCUT2D eigenvalue weighted by atomic mass is 10.2. The number of aromatic nitrogens is 1. The zero-order valence-corrected chi connectivity index (χ0v) is 19.7. The Morgan fingerprint density at radius 3 is 2.50 bits per heavy atom. The molecule has 2 N–H and O–H groups in total. The average Bonchev–Trinajstić information content (AvgIpc) is 3.00. The summed E-state index contributed by atoms with van der Waals surface area (Å²) in [6.45, 7) is 3.79. The van der Waals surface area contributed by atoms with Gasteiger partial charge in [-0.3, -0.25) is 9.79 Å². The van der Waals surface area contributed by atoms with E-state index in [4.69, 9.17) is 0 Å². The van der Waals surface area contributed by atoms with Crippen molar-refractivity contribution in [1.29, 1.82) is 0 Å². The Kier molecular flexibility index (Phi) is 10.1. The van der Waals surface area contributed by atoms with Crippen LogP contribution < -0.4 is 10.6 Å². The number of aryl methyl sites for hydroxylation is 1. The Morgan fingerprint density at radius 1 is 1.27 bits per heavy atom. The zero-order chi connectivity index (χ0) is 18.2. The third-order valence-corrected chi connectivity index (χ3v) is 4.79. The first-order chi connectivity index (χ1) is 12.0. The third kappa shape index (κ3) is 7.20. The molecule has 9 heteroatoms. The van der Waals surface area contributed by atoms with E-state index in [9.17, 15) is 4.79 Å². The van der Waals surface area contributed by atoms with Crippen LogP contribution in [0.3, 0.4) is 0 Å². The third-order valence-electron chi connectivity index (χ3n) is 3.44. The molecule has 2 rings (SSSR count). The topological polar surface area (TPSA) is 69.6 Å². The van der Waals surface area contributed by atoms with Crippen molar-refractivity contribution in [2.45, 2.75) is 13.5 Å². The minimum Gasteiger partial charge on any atom is -0.354 e. The van der Waals surface area contributed by atoms with Gasteiger partial charge in [-0.25, -0.2) is 4.98 Å². The highest BCUT2D eigenvalue weighted by Gasteiger charge is 2.09. The van der Waals surface area contributed by atoms with Crippen molar-refractivity contribution in [2.75, 3.05) is 27.2 Å². The van der Waals surface area contributed by atoms with Crippen molar-refractivity contribution in [3.05, 3.63) is 50.4 Å². The molecule has 0 saturated carbocycles. The number of aliphatic imine (C=N–C) groups is 1. The van der Waals surface area contributed by atoms with Crippen molar-refractivity contribution in [3.8, 4) is 0 Å². The van der Waals surface area contributed by atoms with E-state index in [1.54, 1.807) is 30.5 Å². The van der Waals surface area contributed by atoms with E-state index in [0.717, 1.165) is 21.1 Å². The quantitative estimate of drug-likeness (QED) is 0.250. The Morgan fingerprint density at radius 2 is 1.92 bits per heavy atom. The molecule has 142 valence electrons. The molecule has 6 nitrogen and oxygen atoms in total. The number of guanidine groups is 1. The number of carbonyl (C=O) groups is 1. The predicted molar refractivity (Wildman–Crippen MR) is 122 cm³/mol. The summed E-state index contributed by atoms with van der Waals surface area (Å²) < 4.78 is 0.952. The molecular formula is C17H23BrIN5OS. The maximum absolute atomic E-state index is 12.0. The van der Waals surface area contributed by atoms with Crippen LogP contribution in [0, 0.1) is 6.92 Å². The molecule has 0 aliphatic carbocycles. The predicted octanol–water partition coefficient (Wildman–Crippen LogP) is 3.27. The molecule has 0 aliphatic heterocycles. The first-order valence-electron chi connectivity index (χ1n) is 7.86. The standard InChI is InChI=1S/C17H22BrN5OS.HI/c1-12-22-15(11-25-12)10-23(3)17(19-2)21-9-8-20-16(24)13-4-6-14(18)7-5-13;/h4-7,11H,8-10H2,1-3H3,(H,19,21)(H,20,24);1H. The fourth-order valence-corrected chi connectivity index (χ4v) is 3.11. The van der Waals surface area contributed by atoms with Crippen LogP contribution in [-0.4, -0.2) is 48.9 Å². The molecule has 26 heavy (non-hydrogen) atoms. The molecule has 1 amide bonds. The normalized spacial score (nSPS) is 10.8. The molecule has 0 radical (unpaired) electrons. The average molecular weight is 552 g/mol. The van der Waals surface area contributed by atoms with E-state index >= 15 is 0 Å². The van der Waals surface area contributed by atoms with Crippen LogP contribution in [0.5, 0.6) is 0 Å². The Bertz CT molecular complexity index is 735. The summed E-state index contributed by atoms with van der Waals surface area (Å²) in [5.74, 6) is 0.680. The minimum atomic E-state index is -0.0874. The number of nitrogens with zero attached hydrogens (tertiary/aromatic N) is 3. The largest absolute Gasteiger partial charge is 0.354 e. The lowest BCUT2D eigenvalue weighted by Gasteiger charge is -2.21. The number of halogens is 2. The fraction of sp³-hybridized carbons (Fsp3) is 0.353. The van der Waals surface area contributed by atoms with Gasteiger partial charge in [0.25, 0.3) is 5.91 Å². The molecular weight excluding hydrogens is 529 g/mol. The number of rotatable bonds is 6. The fourth-order valence-electron chi connectivity index (χ4n) is 2.24. The van der Waals surface area contributed by atoms with Crippen LogP contribution >= 0.6 is 51.2 Å². The number of hydrogen-bond donors (Lipinski definition) is 2. The minimum absolute atomic E-state index is 0. The Balaban J connectivity index is 0.00000338. The van der Waals surface area contributed by atoms with E-state index < -0.39 is 0 Å². The van der Waals surface area contributed by atoms with Crippen molar-refractivity contribution >= 4 is 63.1 Å². The Labute approximate surface area is 183 Å². The summed E-state index contributed by atoms with van der Waals surface area (Å²) in [5.41, 5.74) is 1.67. The van der Waals surface area contributed by atoms with Crippen molar-refractivity contribution in [1.82, 2.24) is 20.5 Å². The van der Waals surface area contributed by atoms with E-state index in [1.165, 1.54) is 0 Å². The highest BCUT2D eigenvalue weighted by Crippen LogP contribution is 2.10. The lowest BCUT2D eigenvalue weighted by molar-refractivity contribution is 0.0954. The summed E-state index contributed by atoms with van der Waals surface area (Å²) >= 11 is 5.00. The number of amides is 1. The van der Waals surface area contributed by atoms with Gasteiger partial charge in [0.2, 0.25) is 0 Å². The number of carbonyl (C=O) groups excluding carboxylic acids is 1. The van der Waals surface area contributed by atoms with Crippen molar-refractivity contribution in [2.24, 2.45) is 4.99 Å². The first kappa shape index (κ1) is 22.8. The molecule has 0 fully saturated rings. The summed E-state index contributed by atoms with van der Waals surface area (Å²) in [7, 11) is 3.70. The maximum Gasteiger partial charge on any atom is 0.251 e. The van der Waals surface area contributed by atoms with Crippen LogP contribution in [0.4, 0.5) is 0 Å². The SMILES string of the molecule is CN=C(NCCNC(=O)c1ccc(Br)cc1)N(C)Cc1csc(C)n1.I. The lowest BCUT2D eigenvalue weighted by Crippen LogP contribution is -2.42. The van der Waals surface area contributed by atoms with Crippen LogP contribution in [-0.2, 0) is 6.54 Å². The van der Waals surface area contributed by atoms with Gasteiger partial charge in [0.05, 0.1) is 17.2 Å². The molecule has 2 aromatic rings. The molecule has 0 saturated heterocycles. The van der Waals surface area contributed by atoms with E-state index in [-0.39, 0.29) is 29.9 Å². The van der Waals surface area contributed by atoms with E-state index in [1.807, 2.05) is 31.0 Å². The van der Waals surface area contributed by atoms with Crippen molar-refractivity contribution in [3.63, 3.8) is 0 Å². The number of hydrogen-bond acceptors (Lipinski definition) is 4. The summed E-state index contributed by atoms with van der Waals surface area (Å²) in [5, 5.41) is 9.24. The molecule has 1 aromatic carbocycles. The zero-order valence-electron chi connectivity index (χ0n) is 15.0. The highest BCUT2D eigenvalue weighted by molar-refractivity contribution is 14.0. The maximum atomic E-state index is 12.0. The van der Waals surface area contributed by atoms with Gasteiger partial charge in [-0.2, -0.15) is 0 Å². The van der Waals surface area contributed by atoms with Gasteiger partial charge in [-0.15, -0.1) is 35.3 Å².